The van der Waals surface area contributed by atoms with Crippen molar-refractivity contribution in [3.8, 4) is 0 Å². The van der Waals surface area contributed by atoms with Crippen molar-refractivity contribution in [3.63, 3.8) is 0 Å². The van der Waals surface area contributed by atoms with Crippen LogP contribution in [0.3, 0.4) is 0 Å². The highest BCUT2D eigenvalue weighted by atomic mass is 79.9. The Kier molecular flexibility index (Phi) is 2.71. The molecule has 1 atom stereocenters. The molecule has 90 valence electrons. The van der Waals surface area contributed by atoms with Gasteiger partial charge in [0.15, 0.2) is 5.65 Å². The van der Waals surface area contributed by atoms with Gasteiger partial charge >= 0.3 is 0 Å². The number of hydrogen-bond acceptors (Lipinski definition) is 4. The minimum Gasteiger partial charge on any atom is -0.383 e. The average molecular weight is 298 g/mol. The minimum atomic E-state index is 0.395. The number of piperidine rings is 1. The Morgan fingerprint density at radius 1 is 1.47 bits per heavy atom. The smallest absolute Gasteiger partial charge is 0.165 e. The quantitative estimate of drug-likeness (QED) is 0.780. The lowest BCUT2D eigenvalue weighted by Crippen LogP contribution is -2.87. The Morgan fingerprint density at radius 3 is 3.12 bits per heavy atom. The monoisotopic (exact) mass is 297 g/mol. The molecule has 4 N–H and O–H groups in total. The number of anilines is 1. The molecular weight excluding hydrogens is 284 g/mol. The highest BCUT2D eigenvalue weighted by Gasteiger charge is 2.23. The summed E-state index contributed by atoms with van der Waals surface area (Å²) in [4.78, 5) is 8.31. The van der Waals surface area contributed by atoms with Gasteiger partial charge in [0.1, 0.15) is 22.8 Å². The van der Waals surface area contributed by atoms with Crippen LogP contribution >= 0.6 is 15.9 Å². The molecule has 0 bridgehead atoms. The summed E-state index contributed by atoms with van der Waals surface area (Å²) in [5, 5.41) is 7.64. The predicted octanol–water partition coefficient (Wildman–Crippen LogP) is 0.0693. The van der Waals surface area contributed by atoms with Crippen LogP contribution in [-0.4, -0.2) is 32.8 Å². The maximum absolute atomic E-state index is 5.86. The number of nitrogen functional groups attached to an aromatic ring is 1. The molecular formula is C10H14BrN6+. The van der Waals surface area contributed by atoms with E-state index in [2.05, 4.69) is 36.3 Å². The van der Waals surface area contributed by atoms with Crippen LogP contribution in [0.4, 0.5) is 5.82 Å². The molecule has 3 rings (SSSR count). The van der Waals surface area contributed by atoms with Crippen molar-refractivity contribution in [2.24, 2.45) is 0 Å². The van der Waals surface area contributed by atoms with Gasteiger partial charge in [0.05, 0.1) is 18.5 Å². The summed E-state index contributed by atoms with van der Waals surface area (Å²) in [6, 6.07) is 0.395. The fourth-order valence-corrected chi connectivity index (χ4v) is 2.91. The summed E-state index contributed by atoms with van der Waals surface area (Å²) in [5.74, 6) is 0.480. The van der Waals surface area contributed by atoms with Crippen molar-refractivity contribution in [1.82, 2.24) is 19.7 Å². The van der Waals surface area contributed by atoms with Crippen LogP contribution in [0.2, 0.25) is 0 Å². The first-order valence-electron chi connectivity index (χ1n) is 5.73. The van der Waals surface area contributed by atoms with Crippen molar-refractivity contribution in [2.75, 3.05) is 18.8 Å². The maximum Gasteiger partial charge on any atom is 0.165 e. The van der Waals surface area contributed by atoms with E-state index in [0.29, 0.717) is 11.9 Å². The van der Waals surface area contributed by atoms with E-state index in [4.69, 9.17) is 5.73 Å². The van der Waals surface area contributed by atoms with Crippen LogP contribution in [0.15, 0.2) is 10.9 Å². The molecule has 0 saturated carbocycles. The third-order valence-corrected chi connectivity index (χ3v) is 3.76. The van der Waals surface area contributed by atoms with E-state index in [1.807, 2.05) is 4.68 Å². The van der Waals surface area contributed by atoms with Crippen molar-refractivity contribution in [3.05, 3.63) is 10.9 Å². The Labute approximate surface area is 107 Å². The fraction of sp³-hybridized carbons (Fsp3) is 0.500. The van der Waals surface area contributed by atoms with Gasteiger partial charge in [0.2, 0.25) is 0 Å². The third-order valence-electron chi connectivity index (χ3n) is 3.21. The molecule has 0 aliphatic carbocycles. The average Bonchev–Trinajstić information content (AvgIpc) is 2.69. The molecule has 0 spiro atoms. The van der Waals surface area contributed by atoms with Crippen molar-refractivity contribution < 1.29 is 5.32 Å². The molecule has 1 unspecified atom stereocenters. The van der Waals surface area contributed by atoms with E-state index in [0.717, 1.165) is 28.6 Å². The van der Waals surface area contributed by atoms with E-state index in [9.17, 15) is 0 Å². The van der Waals surface area contributed by atoms with Crippen LogP contribution in [0.1, 0.15) is 18.9 Å². The Bertz CT molecular complexity index is 545. The summed E-state index contributed by atoms with van der Waals surface area (Å²) in [5.41, 5.74) is 6.68. The molecule has 7 heteroatoms. The molecule has 2 aromatic rings. The van der Waals surface area contributed by atoms with Crippen LogP contribution in [-0.2, 0) is 0 Å². The normalized spacial score (nSPS) is 20.9. The summed E-state index contributed by atoms with van der Waals surface area (Å²) in [6.45, 7) is 2.25. The van der Waals surface area contributed by atoms with Crippen LogP contribution < -0.4 is 11.1 Å². The SMILES string of the molecule is Nc1ncnc2c1c(Br)nn2C1CCC[NH2+]C1. The zero-order valence-corrected chi connectivity index (χ0v) is 10.9. The van der Waals surface area contributed by atoms with Gasteiger partial charge in [0, 0.05) is 0 Å². The number of aromatic nitrogens is 4. The molecule has 17 heavy (non-hydrogen) atoms. The van der Waals surface area contributed by atoms with Crippen molar-refractivity contribution >= 4 is 32.8 Å². The van der Waals surface area contributed by atoms with Crippen molar-refractivity contribution in [1.29, 1.82) is 0 Å². The van der Waals surface area contributed by atoms with Gasteiger partial charge in [-0.15, -0.1) is 0 Å². The topological polar surface area (TPSA) is 86.2 Å². The number of nitrogens with zero attached hydrogens (tertiary/aromatic N) is 4. The molecule has 1 aliphatic heterocycles. The molecule has 1 fully saturated rings. The van der Waals surface area contributed by atoms with Gasteiger partial charge in [-0.3, -0.25) is 0 Å². The molecule has 1 saturated heterocycles. The molecule has 0 amide bonds. The first-order valence-corrected chi connectivity index (χ1v) is 6.52. The largest absolute Gasteiger partial charge is 0.383 e. The van der Waals surface area contributed by atoms with Gasteiger partial charge in [-0.2, -0.15) is 5.10 Å². The molecule has 3 heterocycles. The van der Waals surface area contributed by atoms with E-state index in [1.165, 1.54) is 19.3 Å². The van der Waals surface area contributed by atoms with Gasteiger partial charge in [-0.1, -0.05) is 0 Å². The number of quaternary nitrogens is 1. The summed E-state index contributed by atoms with van der Waals surface area (Å²) < 4.78 is 2.71. The second-order valence-electron chi connectivity index (χ2n) is 4.30. The zero-order valence-electron chi connectivity index (χ0n) is 9.30. The lowest BCUT2D eigenvalue weighted by atomic mass is 10.1. The van der Waals surface area contributed by atoms with Gasteiger partial charge < -0.3 is 11.1 Å². The number of nitrogens with two attached hydrogens (primary N) is 2. The third kappa shape index (κ3) is 1.79. The summed E-state index contributed by atoms with van der Waals surface area (Å²) in [6.07, 6.45) is 3.85. The Morgan fingerprint density at radius 2 is 2.35 bits per heavy atom. The van der Waals surface area contributed by atoms with Crippen LogP contribution in [0, 0.1) is 0 Å². The Balaban J connectivity index is 2.13. The predicted molar refractivity (Wildman–Crippen MR) is 67.4 cm³/mol. The fourth-order valence-electron chi connectivity index (χ4n) is 2.36. The summed E-state index contributed by atoms with van der Waals surface area (Å²) in [7, 11) is 0. The standard InChI is InChI=1S/C10H13BrN6/c11-8-7-9(12)14-5-15-10(7)17(16-8)6-2-1-3-13-4-6/h5-6,13H,1-4H2,(H2,12,14,15)/p+1. The maximum atomic E-state index is 5.86. The van der Waals surface area contributed by atoms with E-state index < -0.39 is 0 Å². The molecule has 1 aliphatic rings. The number of halogens is 1. The highest BCUT2D eigenvalue weighted by molar-refractivity contribution is 9.10. The van der Waals surface area contributed by atoms with E-state index in [-0.39, 0.29) is 0 Å². The highest BCUT2D eigenvalue weighted by Crippen LogP contribution is 2.28. The first kappa shape index (κ1) is 10.9. The minimum absolute atomic E-state index is 0.395. The number of hydrogen-bond donors (Lipinski definition) is 2. The van der Waals surface area contributed by atoms with E-state index in [1.54, 1.807) is 0 Å². The molecule has 0 aromatic carbocycles. The summed E-state index contributed by atoms with van der Waals surface area (Å²) >= 11 is 3.43. The number of rotatable bonds is 1. The van der Waals surface area contributed by atoms with Crippen LogP contribution in [0.25, 0.3) is 11.0 Å². The molecule has 0 radical (unpaired) electrons. The second-order valence-corrected chi connectivity index (χ2v) is 5.05. The number of fused-ring (bicyclic) bond motifs is 1. The Hall–Kier alpha value is -1.21. The molecule has 6 nitrogen and oxygen atoms in total. The molecule has 2 aromatic heterocycles. The van der Waals surface area contributed by atoms with Gasteiger partial charge in [-0.05, 0) is 28.8 Å². The lowest BCUT2D eigenvalue weighted by molar-refractivity contribution is -0.667. The van der Waals surface area contributed by atoms with Gasteiger partial charge in [0.25, 0.3) is 0 Å². The van der Waals surface area contributed by atoms with Crippen molar-refractivity contribution in [2.45, 2.75) is 18.9 Å². The second kappa shape index (κ2) is 4.23. The zero-order chi connectivity index (χ0) is 11.8. The first-order chi connectivity index (χ1) is 8.27. The van der Waals surface area contributed by atoms with Crippen LogP contribution in [0.5, 0.6) is 0 Å². The van der Waals surface area contributed by atoms with Gasteiger partial charge in [-0.25, -0.2) is 14.6 Å². The van der Waals surface area contributed by atoms with E-state index >= 15 is 0 Å². The lowest BCUT2D eigenvalue weighted by Gasteiger charge is -2.20.